The number of aliphatic hydroxyl groups excluding tert-OH is 2. The number of phosphoric ester groups is 2. The highest BCUT2D eigenvalue weighted by Crippen LogP contribution is 2.45. The molecule has 0 aliphatic carbocycles. The zero-order valence-corrected chi connectivity index (χ0v) is 61.5. The molecule has 0 aromatic carbocycles. The molecule has 0 amide bonds. The summed E-state index contributed by atoms with van der Waals surface area (Å²) in [7, 11) is -9.82. The fraction of sp³-hybridized carbons (Fsp3) is 0.608. The Morgan fingerprint density at radius 1 is 0.289 bits per heavy atom. The summed E-state index contributed by atoms with van der Waals surface area (Å²) in [6.07, 6.45) is 88.4. The Morgan fingerprint density at radius 2 is 0.526 bits per heavy atom. The molecule has 4 N–H and O–H groups in total. The van der Waals surface area contributed by atoms with Gasteiger partial charge < -0.3 is 34.2 Å². The molecule has 0 aliphatic rings. The van der Waals surface area contributed by atoms with Gasteiger partial charge in [-0.1, -0.05) is 262 Å². The Kier molecular flexibility index (Phi) is 67.0. The quantitative estimate of drug-likeness (QED) is 0.0146. The molecule has 0 saturated carbocycles. The molecule has 0 aromatic rings. The van der Waals surface area contributed by atoms with Gasteiger partial charge in [0.25, 0.3) is 0 Å². The van der Waals surface area contributed by atoms with Gasteiger partial charge >= 0.3 is 33.6 Å². The maximum atomic E-state index is 12.9. The van der Waals surface area contributed by atoms with E-state index >= 15 is 0 Å². The van der Waals surface area contributed by atoms with Gasteiger partial charge in [-0.2, -0.15) is 0 Å². The van der Waals surface area contributed by atoms with E-state index in [0.29, 0.717) is 25.7 Å². The molecule has 0 saturated heterocycles. The molecule has 550 valence electrons. The van der Waals surface area contributed by atoms with E-state index in [1.54, 1.807) is 0 Å². The first-order chi connectivity index (χ1) is 47.2. The highest BCUT2D eigenvalue weighted by atomic mass is 31.2. The van der Waals surface area contributed by atoms with Gasteiger partial charge in [-0.3, -0.25) is 32.5 Å². The number of hydrogen-bond acceptors (Lipinski definition) is 14. The summed E-state index contributed by atoms with van der Waals surface area (Å²) in [6.45, 7) is 2.22. The van der Waals surface area contributed by atoms with Crippen molar-refractivity contribution in [3.63, 3.8) is 0 Å². The summed E-state index contributed by atoms with van der Waals surface area (Å²) in [6, 6.07) is 0. The Bertz CT molecular complexity index is 2440. The van der Waals surface area contributed by atoms with Crippen LogP contribution in [0.1, 0.15) is 252 Å². The third-order valence-electron chi connectivity index (χ3n) is 14.4. The lowest BCUT2D eigenvalue weighted by molar-refractivity contribution is -0.161. The highest BCUT2D eigenvalue weighted by Gasteiger charge is 2.29. The average molecular weight is 1400 g/mol. The summed E-state index contributed by atoms with van der Waals surface area (Å²) in [5.41, 5.74) is 0. The maximum absolute atomic E-state index is 12.9. The number of carbonyl (C=O) groups excluding carboxylic acids is 3. The number of esters is 3. The van der Waals surface area contributed by atoms with Crippen LogP contribution in [0.15, 0.2) is 170 Å². The third-order valence-corrected chi connectivity index (χ3v) is 16.3. The molecule has 0 rings (SSSR count). The van der Waals surface area contributed by atoms with Gasteiger partial charge in [0.15, 0.2) is 6.10 Å². The molecular weight excluding hydrogens is 1270 g/mol. The van der Waals surface area contributed by atoms with E-state index in [1.807, 2.05) is 12.2 Å². The van der Waals surface area contributed by atoms with Crippen LogP contribution in [-0.2, 0) is 55.8 Å². The maximum Gasteiger partial charge on any atom is 0.472 e. The molecule has 0 radical (unpaired) electrons. The van der Waals surface area contributed by atoms with Crippen LogP contribution in [0.3, 0.4) is 0 Å². The minimum Gasteiger partial charge on any atom is -0.463 e. The molecule has 18 heteroatoms. The topological polar surface area (TPSA) is 231 Å². The summed E-state index contributed by atoms with van der Waals surface area (Å²) < 4.78 is 60.9. The van der Waals surface area contributed by atoms with Crippen LogP contribution in [-0.4, -0.2) is 95.9 Å². The molecule has 0 aliphatic heterocycles. The normalized spacial score (nSPS) is 15.1. The summed E-state index contributed by atoms with van der Waals surface area (Å²) in [5, 5.41) is 20.6. The Hall–Kier alpha value is -5.09. The predicted molar refractivity (Wildman–Crippen MR) is 398 cm³/mol. The van der Waals surface area contributed by atoms with Gasteiger partial charge in [-0.05, 0) is 141 Å². The fourth-order valence-electron chi connectivity index (χ4n) is 8.98. The Balaban J connectivity index is 4.65. The van der Waals surface area contributed by atoms with Crippen LogP contribution in [0.5, 0.6) is 0 Å². The summed E-state index contributed by atoms with van der Waals surface area (Å²) in [5.74, 6) is -1.67. The van der Waals surface area contributed by atoms with Crippen LogP contribution in [0, 0.1) is 0 Å². The van der Waals surface area contributed by atoms with Gasteiger partial charge in [0, 0.05) is 19.3 Å². The molecule has 0 heterocycles. The van der Waals surface area contributed by atoms with Crippen LogP contribution in [0.25, 0.3) is 0 Å². The number of ether oxygens (including phenoxy) is 3. The number of unbranched alkanes of at least 4 members (excludes halogenated alkanes) is 16. The van der Waals surface area contributed by atoms with Gasteiger partial charge in [0.2, 0.25) is 0 Å². The lowest BCUT2D eigenvalue weighted by Gasteiger charge is -2.21. The number of phosphoric acid groups is 2. The van der Waals surface area contributed by atoms with Crippen LogP contribution < -0.4 is 0 Å². The first-order valence-corrected chi connectivity index (χ1v) is 39.4. The zero-order valence-electron chi connectivity index (χ0n) is 59.7. The van der Waals surface area contributed by atoms with Crippen molar-refractivity contribution in [3.05, 3.63) is 170 Å². The second kappa shape index (κ2) is 70.8. The second-order valence-corrected chi connectivity index (χ2v) is 26.5. The molecule has 0 spiro atoms. The Labute approximate surface area is 586 Å². The van der Waals surface area contributed by atoms with Crippen molar-refractivity contribution in [2.45, 2.75) is 270 Å². The Morgan fingerprint density at radius 3 is 0.856 bits per heavy atom. The lowest BCUT2D eigenvalue weighted by Crippen LogP contribution is -2.30. The number of allylic oxidation sites excluding steroid dienone is 28. The SMILES string of the molecule is CC/C=C\C/C=C\C/C=C\C/C=C\C/C=C\C/C=C\CCCCCCCCCCC(=O)OCC(O)COP(=O)(O)OCC(O)COP(=O)(O)OCC(COC(=O)CCC/C=C\C/C=C\C/C=C\C/C=C\C/C=C\CC)OC(=O)CCCCCCCCC/C=C\C/C=C\C/C=C\CC. The minimum absolute atomic E-state index is 0.0749. The molecule has 5 unspecified atom stereocenters. The van der Waals surface area contributed by atoms with Crippen LogP contribution in [0.4, 0.5) is 0 Å². The number of carbonyl (C=O) groups is 3. The van der Waals surface area contributed by atoms with E-state index in [2.05, 4.69) is 179 Å². The van der Waals surface area contributed by atoms with Crippen molar-refractivity contribution in [1.82, 2.24) is 0 Å². The molecule has 0 fully saturated rings. The largest absolute Gasteiger partial charge is 0.472 e. The van der Waals surface area contributed by atoms with Crippen molar-refractivity contribution < 1.29 is 75.8 Å². The van der Waals surface area contributed by atoms with Crippen molar-refractivity contribution in [2.75, 3.05) is 39.6 Å². The molecule has 97 heavy (non-hydrogen) atoms. The van der Waals surface area contributed by atoms with Gasteiger partial charge in [-0.15, -0.1) is 0 Å². The summed E-state index contributed by atoms with van der Waals surface area (Å²) in [4.78, 5) is 58.5. The van der Waals surface area contributed by atoms with Crippen LogP contribution >= 0.6 is 15.6 Å². The number of rotatable bonds is 67. The van der Waals surface area contributed by atoms with E-state index in [9.17, 15) is 43.5 Å². The summed E-state index contributed by atoms with van der Waals surface area (Å²) >= 11 is 0. The third kappa shape index (κ3) is 72.0. The molecule has 0 bridgehead atoms. The van der Waals surface area contributed by atoms with Crippen LogP contribution in [0.2, 0.25) is 0 Å². The van der Waals surface area contributed by atoms with Crippen molar-refractivity contribution in [3.8, 4) is 0 Å². The smallest absolute Gasteiger partial charge is 0.463 e. The molecular formula is C79H128O16P2. The van der Waals surface area contributed by atoms with E-state index in [-0.39, 0.29) is 19.3 Å². The molecule has 0 aromatic heterocycles. The lowest BCUT2D eigenvalue weighted by atomic mass is 10.1. The standard InChI is InChI=1S/C79H128O16P2/c1-4-7-10-13-16-19-22-25-28-31-32-33-34-35-36-37-38-39-40-43-45-47-50-53-56-59-62-65-77(82)89-68-74(80)69-91-96(85,86)92-70-75(81)71-93-97(87,88)94-73-76(95-79(84)67-64-61-58-55-52-49-46-42-30-27-24-21-18-15-12-9-6-3)72-90-78(83)66-63-60-57-54-51-48-44-41-29-26-23-20-17-14-11-8-5-2/h7-12,16-21,25-30,32-33,35-36,38-39,44,48,54,57,74-76,80-81H,4-6,13-15,22-24,31,34,37,40-43,45-47,49-53,55-56,58-73H2,1-3H3,(H,85,86)(H,87,88)/b10-7-,11-8-,12-9-,19-16-,20-17-,21-18-,28-25-,29-26-,30-27-,33-32-,36-35-,39-38-,48-44-,57-54-. The molecule has 16 nitrogen and oxygen atoms in total. The monoisotopic (exact) mass is 1390 g/mol. The van der Waals surface area contributed by atoms with E-state index in [0.717, 1.165) is 167 Å². The first kappa shape index (κ1) is 91.9. The second-order valence-electron chi connectivity index (χ2n) is 23.6. The predicted octanol–water partition coefficient (Wildman–Crippen LogP) is 20.9. The van der Waals surface area contributed by atoms with Crippen molar-refractivity contribution >= 4 is 33.6 Å². The van der Waals surface area contributed by atoms with Crippen molar-refractivity contribution in [1.29, 1.82) is 0 Å². The number of aliphatic hydroxyl groups is 2. The van der Waals surface area contributed by atoms with Crippen molar-refractivity contribution in [2.24, 2.45) is 0 Å². The highest BCUT2D eigenvalue weighted by molar-refractivity contribution is 7.47. The van der Waals surface area contributed by atoms with E-state index < -0.39 is 91.5 Å². The molecule has 5 atom stereocenters. The fourth-order valence-corrected chi connectivity index (χ4v) is 10.6. The van der Waals surface area contributed by atoms with Gasteiger partial charge in [-0.25, -0.2) is 9.13 Å². The van der Waals surface area contributed by atoms with Gasteiger partial charge in [0.1, 0.15) is 25.4 Å². The van der Waals surface area contributed by atoms with E-state index in [1.165, 1.54) is 19.3 Å². The zero-order chi connectivity index (χ0) is 70.9. The van der Waals surface area contributed by atoms with Gasteiger partial charge in [0.05, 0.1) is 26.4 Å². The average Bonchev–Trinajstić information content (AvgIpc) is 1.49. The first-order valence-electron chi connectivity index (χ1n) is 36.4. The minimum atomic E-state index is -4.95. The number of hydrogen-bond donors (Lipinski definition) is 4. The van der Waals surface area contributed by atoms with E-state index in [4.69, 9.17) is 32.3 Å².